The van der Waals surface area contributed by atoms with Gasteiger partial charge in [0.25, 0.3) is 0 Å². The van der Waals surface area contributed by atoms with E-state index in [1.54, 1.807) is 0 Å². The van der Waals surface area contributed by atoms with Crippen LogP contribution < -0.4 is 11.1 Å². The molecule has 0 bridgehead atoms. The lowest BCUT2D eigenvalue weighted by Gasteiger charge is -2.17. The molecule has 1 aromatic rings. The molecule has 18 heavy (non-hydrogen) atoms. The monoisotopic (exact) mass is 266 g/mol. The van der Waals surface area contributed by atoms with E-state index in [1.165, 1.54) is 11.8 Å². The van der Waals surface area contributed by atoms with Crippen molar-refractivity contribution in [3.8, 4) is 0 Å². The number of carboxylic acids is 1. The summed E-state index contributed by atoms with van der Waals surface area (Å²) >= 11 is 1.49. The Labute approximate surface area is 109 Å². The molecule has 0 fully saturated rings. The van der Waals surface area contributed by atoms with Crippen molar-refractivity contribution in [1.82, 2.24) is 0 Å². The van der Waals surface area contributed by atoms with E-state index >= 15 is 0 Å². The van der Waals surface area contributed by atoms with Crippen LogP contribution in [0.5, 0.6) is 0 Å². The summed E-state index contributed by atoms with van der Waals surface area (Å²) < 4.78 is 0. The maximum atomic E-state index is 11.2. The summed E-state index contributed by atoms with van der Waals surface area (Å²) in [5, 5.41) is 11.5. The molecule has 1 aromatic carbocycles. The molecule has 0 spiro atoms. The number of rotatable bonds is 4. The number of carboxylic acid groups (broad SMARTS) is 1. The minimum Gasteiger partial charge on any atom is -0.480 e. The number of aryl methyl sites for hydroxylation is 1. The molecular weight excluding hydrogens is 252 g/mol. The lowest BCUT2D eigenvalue weighted by Crippen LogP contribution is -2.30. The zero-order valence-corrected chi connectivity index (χ0v) is 10.5. The molecule has 4 N–H and O–H groups in total. The quantitative estimate of drug-likeness (QED) is 0.758. The van der Waals surface area contributed by atoms with Crippen LogP contribution in [0.25, 0.3) is 0 Å². The van der Waals surface area contributed by atoms with E-state index in [1.807, 2.05) is 18.2 Å². The summed E-state index contributed by atoms with van der Waals surface area (Å²) in [5.41, 5.74) is 7.32. The van der Waals surface area contributed by atoms with E-state index < -0.39 is 12.0 Å². The molecule has 2 rings (SSSR count). The molecule has 0 aromatic heterocycles. The van der Waals surface area contributed by atoms with Crippen LogP contribution in [0.15, 0.2) is 23.1 Å². The van der Waals surface area contributed by atoms with Crippen LogP contribution in [-0.2, 0) is 16.0 Å². The van der Waals surface area contributed by atoms with Gasteiger partial charge in [-0.25, -0.2) is 0 Å². The first-order valence-electron chi connectivity index (χ1n) is 5.60. The van der Waals surface area contributed by atoms with Gasteiger partial charge in [0.2, 0.25) is 5.91 Å². The van der Waals surface area contributed by atoms with Gasteiger partial charge in [0.15, 0.2) is 0 Å². The number of anilines is 1. The number of carbonyl (C=O) groups excluding carboxylic acids is 1. The predicted octanol–water partition coefficient (Wildman–Crippen LogP) is 1.08. The second-order valence-corrected chi connectivity index (χ2v) is 5.17. The normalized spacial score (nSPS) is 15.7. The third kappa shape index (κ3) is 3.02. The van der Waals surface area contributed by atoms with Gasteiger partial charge < -0.3 is 16.2 Å². The van der Waals surface area contributed by atoms with E-state index in [0.717, 1.165) is 16.1 Å². The third-order valence-corrected chi connectivity index (χ3v) is 3.80. The average molecular weight is 266 g/mol. The highest BCUT2D eigenvalue weighted by Crippen LogP contribution is 2.32. The minimum absolute atomic E-state index is 0.00755. The molecule has 1 unspecified atom stereocenters. The smallest absolute Gasteiger partial charge is 0.320 e. The lowest BCUT2D eigenvalue weighted by atomic mass is 10.1. The Morgan fingerprint density at radius 3 is 3.06 bits per heavy atom. The number of nitrogens with one attached hydrogen (secondary N) is 1. The van der Waals surface area contributed by atoms with E-state index in [0.29, 0.717) is 18.6 Å². The highest BCUT2D eigenvalue weighted by molar-refractivity contribution is 8.00. The van der Waals surface area contributed by atoms with Crippen molar-refractivity contribution in [3.05, 3.63) is 23.8 Å². The van der Waals surface area contributed by atoms with Crippen LogP contribution in [0.2, 0.25) is 0 Å². The van der Waals surface area contributed by atoms with Gasteiger partial charge in [-0.2, -0.15) is 0 Å². The van der Waals surface area contributed by atoms with Gasteiger partial charge in [-0.1, -0.05) is 6.07 Å². The largest absolute Gasteiger partial charge is 0.480 e. The van der Waals surface area contributed by atoms with Crippen LogP contribution in [-0.4, -0.2) is 28.8 Å². The number of hydrogen-bond acceptors (Lipinski definition) is 4. The van der Waals surface area contributed by atoms with E-state index in [2.05, 4.69) is 5.32 Å². The van der Waals surface area contributed by atoms with E-state index in [9.17, 15) is 9.59 Å². The Kier molecular flexibility index (Phi) is 3.88. The lowest BCUT2D eigenvalue weighted by molar-refractivity contribution is -0.138. The number of aliphatic carboxylic acids is 1. The van der Waals surface area contributed by atoms with Crippen LogP contribution >= 0.6 is 11.8 Å². The maximum absolute atomic E-state index is 11.2. The first-order chi connectivity index (χ1) is 8.56. The molecule has 1 atom stereocenters. The van der Waals surface area contributed by atoms with Gasteiger partial charge in [-0.05, 0) is 30.5 Å². The fourth-order valence-electron chi connectivity index (χ4n) is 1.72. The Balaban J connectivity index is 2.03. The number of fused-ring (bicyclic) bond motifs is 1. The van der Waals surface area contributed by atoms with Crippen LogP contribution in [0.3, 0.4) is 0 Å². The van der Waals surface area contributed by atoms with Gasteiger partial charge in [0.1, 0.15) is 6.04 Å². The summed E-state index contributed by atoms with van der Waals surface area (Å²) in [7, 11) is 0. The molecule has 1 amide bonds. The van der Waals surface area contributed by atoms with Crippen molar-refractivity contribution in [1.29, 1.82) is 0 Å². The Bertz CT molecular complexity index is 490. The van der Waals surface area contributed by atoms with Crippen LogP contribution in [0, 0.1) is 0 Å². The SMILES string of the molecule is NC(CCc1ccc2c(c1)SCC(=O)N2)C(=O)O. The minimum atomic E-state index is -0.977. The van der Waals surface area contributed by atoms with Crippen LogP contribution in [0.4, 0.5) is 5.69 Å². The Hall–Kier alpha value is -1.53. The predicted molar refractivity (Wildman–Crippen MR) is 69.7 cm³/mol. The topological polar surface area (TPSA) is 92.4 Å². The van der Waals surface area contributed by atoms with E-state index in [-0.39, 0.29) is 5.91 Å². The molecule has 96 valence electrons. The number of hydrogen-bond donors (Lipinski definition) is 3. The average Bonchev–Trinajstić information content (AvgIpc) is 2.35. The first kappa shape index (κ1) is 12.9. The van der Waals surface area contributed by atoms with Gasteiger partial charge >= 0.3 is 5.97 Å². The van der Waals surface area contributed by atoms with Crippen molar-refractivity contribution in [2.75, 3.05) is 11.1 Å². The molecule has 6 heteroatoms. The molecule has 1 aliphatic heterocycles. The molecule has 1 aliphatic rings. The fraction of sp³-hybridized carbons (Fsp3) is 0.333. The standard InChI is InChI=1S/C12H14N2O3S/c13-8(12(16)17)3-1-7-2-4-9-10(5-7)18-6-11(15)14-9/h2,4-5,8H,1,3,6,13H2,(H,14,15)(H,16,17). The number of amides is 1. The van der Waals surface area contributed by atoms with Crippen molar-refractivity contribution >= 4 is 29.3 Å². The number of benzene rings is 1. The molecule has 0 saturated carbocycles. The first-order valence-corrected chi connectivity index (χ1v) is 6.59. The Morgan fingerprint density at radius 2 is 2.33 bits per heavy atom. The highest BCUT2D eigenvalue weighted by Gasteiger charge is 2.16. The number of thioether (sulfide) groups is 1. The molecule has 0 aliphatic carbocycles. The van der Waals surface area contributed by atoms with Crippen molar-refractivity contribution in [2.24, 2.45) is 5.73 Å². The van der Waals surface area contributed by atoms with Gasteiger partial charge in [-0.15, -0.1) is 11.8 Å². The molecule has 0 saturated heterocycles. The summed E-state index contributed by atoms with van der Waals surface area (Å²) in [6.45, 7) is 0. The van der Waals surface area contributed by atoms with Gasteiger partial charge in [0.05, 0.1) is 11.4 Å². The van der Waals surface area contributed by atoms with Crippen molar-refractivity contribution in [3.63, 3.8) is 0 Å². The van der Waals surface area contributed by atoms with Crippen molar-refractivity contribution in [2.45, 2.75) is 23.8 Å². The summed E-state index contributed by atoms with van der Waals surface area (Å²) in [5.74, 6) is -0.548. The number of carbonyl (C=O) groups is 2. The second-order valence-electron chi connectivity index (χ2n) is 4.15. The zero-order valence-electron chi connectivity index (χ0n) is 9.68. The highest BCUT2D eigenvalue weighted by atomic mass is 32.2. The van der Waals surface area contributed by atoms with Gasteiger partial charge in [0, 0.05) is 4.90 Å². The summed E-state index contributed by atoms with van der Waals surface area (Å²) in [6.07, 6.45) is 1.03. The van der Waals surface area contributed by atoms with Crippen molar-refractivity contribution < 1.29 is 14.7 Å². The maximum Gasteiger partial charge on any atom is 0.320 e. The third-order valence-electron chi connectivity index (χ3n) is 2.74. The van der Waals surface area contributed by atoms with E-state index in [4.69, 9.17) is 10.8 Å². The van der Waals surface area contributed by atoms with Crippen LogP contribution in [0.1, 0.15) is 12.0 Å². The summed E-state index contributed by atoms with van der Waals surface area (Å²) in [6, 6.07) is 4.89. The summed E-state index contributed by atoms with van der Waals surface area (Å²) in [4.78, 5) is 22.8. The molecular formula is C12H14N2O3S. The van der Waals surface area contributed by atoms with Gasteiger partial charge in [-0.3, -0.25) is 9.59 Å². The fourth-order valence-corrected chi connectivity index (χ4v) is 2.59. The zero-order chi connectivity index (χ0) is 13.1. The molecule has 1 heterocycles. The second kappa shape index (κ2) is 5.41. The Morgan fingerprint density at radius 1 is 1.56 bits per heavy atom. The number of nitrogens with two attached hydrogens (primary N) is 1. The molecule has 5 nitrogen and oxygen atoms in total. The molecule has 0 radical (unpaired) electrons.